The Morgan fingerprint density at radius 2 is 1.97 bits per heavy atom. The molecule has 2 aromatic carbocycles. The zero-order valence-electron chi connectivity index (χ0n) is 16.3. The van der Waals surface area contributed by atoms with Crippen molar-refractivity contribution in [2.75, 3.05) is 7.11 Å². The van der Waals surface area contributed by atoms with Crippen molar-refractivity contribution in [2.45, 2.75) is 26.0 Å². The number of ether oxygens (including phenoxy) is 2. The second kappa shape index (κ2) is 9.96. The maximum absolute atomic E-state index is 13.8. The van der Waals surface area contributed by atoms with E-state index in [0.29, 0.717) is 5.56 Å². The Morgan fingerprint density at radius 3 is 2.68 bits per heavy atom. The molecule has 0 aliphatic heterocycles. The Balaban J connectivity index is 1.52. The summed E-state index contributed by atoms with van der Waals surface area (Å²) in [5.41, 5.74) is 0.690. The van der Waals surface area contributed by atoms with Crippen molar-refractivity contribution < 1.29 is 36.2 Å². The Labute approximate surface area is 174 Å². The van der Waals surface area contributed by atoms with Crippen LogP contribution in [0.5, 0.6) is 11.5 Å². The molecule has 0 bridgehead atoms. The molecule has 0 unspecified atom stereocenters. The quantitative estimate of drug-likeness (QED) is 0.499. The van der Waals surface area contributed by atoms with E-state index in [1.54, 1.807) is 0 Å². The molecule has 0 atom stereocenters. The first-order valence-corrected chi connectivity index (χ1v) is 9.14. The predicted molar refractivity (Wildman–Crippen MR) is 102 cm³/mol. The van der Waals surface area contributed by atoms with Crippen molar-refractivity contribution in [3.8, 4) is 22.8 Å². The van der Waals surface area contributed by atoms with Gasteiger partial charge in [0.2, 0.25) is 5.91 Å². The van der Waals surface area contributed by atoms with Crippen LogP contribution in [-0.4, -0.2) is 24.6 Å². The van der Waals surface area contributed by atoms with E-state index in [9.17, 15) is 22.4 Å². The zero-order valence-corrected chi connectivity index (χ0v) is 16.3. The summed E-state index contributed by atoms with van der Waals surface area (Å²) in [6.07, 6.45) is 1.52. The van der Waals surface area contributed by atoms with E-state index in [-0.39, 0.29) is 54.0 Å². The summed E-state index contributed by atoms with van der Waals surface area (Å²) < 4.78 is 66.4. The zero-order chi connectivity index (χ0) is 22.4. The number of amides is 1. The second-order valence-corrected chi connectivity index (χ2v) is 6.38. The highest BCUT2D eigenvalue weighted by Gasteiger charge is 2.14. The third kappa shape index (κ3) is 5.97. The van der Waals surface area contributed by atoms with E-state index in [1.165, 1.54) is 37.6 Å². The van der Waals surface area contributed by atoms with Crippen molar-refractivity contribution >= 4 is 5.91 Å². The highest BCUT2D eigenvalue weighted by molar-refractivity contribution is 5.76. The van der Waals surface area contributed by atoms with Crippen LogP contribution in [0.2, 0.25) is 0 Å². The predicted octanol–water partition coefficient (Wildman–Crippen LogP) is 4.48. The number of nitrogens with one attached hydrogen (secondary N) is 1. The molecule has 0 aliphatic carbocycles. The number of benzene rings is 2. The van der Waals surface area contributed by atoms with Gasteiger partial charge in [-0.25, -0.2) is 13.8 Å². The molecule has 1 aromatic heterocycles. The van der Waals surface area contributed by atoms with Gasteiger partial charge in [-0.3, -0.25) is 4.79 Å². The Morgan fingerprint density at radius 1 is 1.16 bits per heavy atom. The fraction of sp³-hybridized carbons (Fsp3) is 0.238. The minimum atomic E-state index is -2.98. The van der Waals surface area contributed by atoms with Crippen LogP contribution in [-0.2, 0) is 17.8 Å². The highest BCUT2D eigenvalue weighted by Crippen LogP contribution is 2.29. The number of oxazole rings is 1. The summed E-state index contributed by atoms with van der Waals surface area (Å²) in [5, 5.41) is 2.68. The molecule has 0 aliphatic rings. The van der Waals surface area contributed by atoms with Crippen molar-refractivity contribution in [1.82, 2.24) is 10.3 Å². The fourth-order valence-electron chi connectivity index (χ4n) is 2.76. The van der Waals surface area contributed by atoms with Crippen LogP contribution in [0.4, 0.5) is 17.6 Å². The number of hydrogen-bond donors (Lipinski definition) is 1. The van der Waals surface area contributed by atoms with Gasteiger partial charge in [0.25, 0.3) is 0 Å². The third-order valence-corrected chi connectivity index (χ3v) is 4.25. The Hall–Kier alpha value is -3.56. The number of aromatic nitrogens is 1. The van der Waals surface area contributed by atoms with E-state index < -0.39 is 18.2 Å². The van der Waals surface area contributed by atoms with E-state index in [1.807, 2.05) is 0 Å². The monoisotopic (exact) mass is 438 g/mol. The number of halogens is 4. The van der Waals surface area contributed by atoms with Gasteiger partial charge in [0, 0.05) is 25.5 Å². The lowest BCUT2D eigenvalue weighted by Crippen LogP contribution is -2.23. The van der Waals surface area contributed by atoms with Gasteiger partial charge in [-0.05, 0) is 29.8 Å². The minimum absolute atomic E-state index is 0.0512. The summed E-state index contributed by atoms with van der Waals surface area (Å²) >= 11 is 0. The normalized spacial score (nSPS) is 10.9. The maximum Gasteiger partial charge on any atom is 0.387 e. The molecule has 0 saturated carbocycles. The van der Waals surface area contributed by atoms with E-state index >= 15 is 0 Å². The molecule has 31 heavy (non-hydrogen) atoms. The van der Waals surface area contributed by atoms with E-state index in [2.05, 4.69) is 15.0 Å². The van der Waals surface area contributed by atoms with Gasteiger partial charge in [0.05, 0.1) is 18.9 Å². The van der Waals surface area contributed by atoms with Crippen LogP contribution < -0.4 is 14.8 Å². The van der Waals surface area contributed by atoms with Crippen LogP contribution in [0.15, 0.2) is 47.0 Å². The molecule has 3 aromatic rings. The lowest BCUT2D eigenvalue weighted by molar-refractivity contribution is -0.121. The van der Waals surface area contributed by atoms with Crippen LogP contribution in [0.3, 0.4) is 0 Å². The highest BCUT2D eigenvalue weighted by atomic mass is 19.3. The van der Waals surface area contributed by atoms with Crippen LogP contribution in [0, 0.1) is 11.6 Å². The first kappa shape index (κ1) is 22.1. The first-order chi connectivity index (χ1) is 14.9. The molecule has 0 spiro atoms. The van der Waals surface area contributed by atoms with Gasteiger partial charge >= 0.3 is 6.61 Å². The van der Waals surface area contributed by atoms with Gasteiger partial charge in [0.1, 0.15) is 11.6 Å². The third-order valence-electron chi connectivity index (χ3n) is 4.25. The Kier molecular flexibility index (Phi) is 7.11. The largest absolute Gasteiger partial charge is 0.493 e. The van der Waals surface area contributed by atoms with E-state index in [4.69, 9.17) is 9.15 Å². The van der Waals surface area contributed by atoms with Gasteiger partial charge in [-0.15, -0.1) is 0 Å². The average molecular weight is 438 g/mol. The number of rotatable bonds is 9. The van der Waals surface area contributed by atoms with Crippen molar-refractivity contribution in [3.05, 3.63) is 65.7 Å². The fourth-order valence-corrected chi connectivity index (χ4v) is 2.76. The molecule has 10 heteroatoms. The second-order valence-electron chi connectivity index (χ2n) is 6.38. The lowest BCUT2D eigenvalue weighted by Gasteiger charge is -2.12. The Bertz CT molecular complexity index is 1060. The smallest absolute Gasteiger partial charge is 0.387 e. The number of carbonyl (C=O) groups is 1. The van der Waals surface area contributed by atoms with Crippen LogP contribution in [0.25, 0.3) is 11.3 Å². The molecule has 0 radical (unpaired) electrons. The number of nitrogens with zero attached hydrogens (tertiary/aromatic N) is 1. The number of aryl methyl sites for hydroxylation is 1. The number of carbonyl (C=O) groups excluding carboxylic acids is 1. The van der Waals surface area contributed by atoms with Crippen LogP contribution >= 0.6 is 0 Å². The van der Waals surface area contributed by atoms with Gasteiger partial charge in [-0.1, -0.05) is 6.07 Å². The number of methoxy groups -OCH3 is 1. The summed E-state index contributed by atoms with van der Waals surface area (Å²) in [6, 6.07) is 7.43. The molecule has 1 amide bonds. The molecule has 0 fully saturated rings. The van der Waals surface area contributed by atoms with E-state index in [0.717, 1.165) is 12.1 Å². The van der Waals surface area contributed by atoms with Crippen molar-refractivity contribution in [1.29, 1.82) is 0 Å². The minimum Gasteiger partial charge on any atom is -0.493 e. The summed E-state index contributed by atoms with van der Waals surface area (Å²) in [4.78, 5) is 16.1. The molecule has 6 nitrogen and oxygen atoms in total. The SMILES string of the molecule is COc1cc(CNC(=O)CCc2ncc(-c3ccc(F)cc3F)o2)ccc1OC(F)F. The molecule has 0 saturated heterocycles. The maximum atomic E-state index is 13.8. The van der Waals surface area contributed by atoms with Crippen molar-refractivity contribution in [3.63, 3.8) is 0 Å². The number of hydrogen-bond acceptors (Lipinski definition) is 5. The molecule has 3 rings (SSSR count). The molecule has 1 N–H and O–H groups in total. The average Bonchev–Trinajstić information content (AvgIpc) is 3.19. The van der Waals surface area contributed by atoms with Gasteiger partial charge in [-0.2, -0.15) is 8.78 Å². The topological polar surface area (TPSA) is 73.6 Å². The van der Waals surface area contributed by atoms with Gasteiger partial charge < -0.3 is 19.2 Å². The number of alkyl halides is 2. The van der Waals surface area contributed by atoms with Crippen molar-refractivity contribution in [2.24, 2.45) is 0 Å². The van der Waals surface area contributed by atoms with Gasteiger partial charge in [0.15, 0.2) is 23.1 Å². The lowest BCUT2D eigenvalue weighted by atomic mass is 10.2. The van der Waals surface area contributed by atoms with Crippen LogP contribution in [0.1, 0.15) is 17.9 Å². The summed E-state index contributed by atoms with van der Waals surface area (Å²) in [6.45, 7) is -2.84. The summed E-state index contributed by atoms with van der Waals surface area (Å²) in [7, 11) is 1.32. The standard InChI is InChI=1S/C21H18F4N2O4/c1-29-17-8-12(2-5-16(17)31-21(24)25)10-26-19(28)6-7-20-27-11-18(30-20)14-4-3-13(22)9-15(14)23/h2-5,8-9,11,21H,6-7,10H2,1H3,(H,26,28). The summed E-state index contributed by atoms with van der Waals surface area (Å²) in [5.74, 6) is -1.42. The molecule has 164 valence electrons. The first-order valence-electron chi connectivity index (χ1n) is 9.14. The molecular weight excluding hydrogens is 420 g/mol. The molecular formula is C21H18F4N2O4. The molecule has 1 heterocycles.